The van der Waals surface area contributed by atoms with Gasteiger partial charge in [0.2, 0.25) is 5.79 Å². The summed E-state index contributed by atoms with van der Waals surface area (Å²) in [5.74, 6) is -0.744. The van der Waals surface area contributed by atoms with Crippen LogP contribution in [0.2, 0.25) is 0 Å². The maximum atomic E-state index is 5.24. The summed E-state index contributed by atoms with van der Waals surface area (Å²) in [7, 11) is 5.15. The summed E-state index contributed by atoms with van der Waals surface area (Å²) in [6, 6.07) is 0. The highest BCUT2D eigenvalue weighted by atomic mass is 79.9. The number of nitrogens with zero attached hydrogens (tertiary/aromatic N) is 1. The molecule has 0 atom stereocenters. The lowest BCUT2D eigenvalue weighted by Gasteiger charge is -2.31. The zero-order valence-corrected chi connectivity index (χ0v) is 8.96. The molecule has 4 heteroatoms. The van der Waals surface area contributed by atoms with E-state index < -0.39 is 5.79 Å². The number of hydrogen-bond donors (Lipinski definition) is 0. The molecule has 0 unspecified atom stereocenters. The third-order valence-corrected chi connectivity index (χ3v) is 2.54. The molecule has 12 heavy (non-hydrogen) atoms. The maximum Gasteiger partial charge on any atom is 0.224 e. The van der Waals surface area contributed by atoms with Gasteiger partial charge >= 0.3 is 0 Å². The average molecular weight is 234 g/mol. The van der Waals surface area contributed by atoms with Crippen molar-refractivity contribution in [2.75, 3.05) is 21.3 Å². The fraction of sp³-hybridized carbons (Fsp3) is 0.500. The minimum absolute atomic E-state index is 0.744. The third kappa shape index (κ3) is 1.55. The second-order valence-electron chi connectivity index (χ2n) is 2.53. The fourth-order valence-electron chi connectivity index (χ4n) is 1.02. The molecular formula is C8H12BrNO2. The van der Waals surface area contributed by atoms with E-state index >= 15 is 0 Å². The predicted molar refractivity (Wildman–Crippen MR) is 50.7 cm³/mol. The summed E-state index contributed by atoms with van der Waals surface area (Å²) in [4.78, 5) is 1.92. The Bertz CT molecular complexity index is 221. The molecule has 1 aliphatic rings. The number of halogens is 1. The van der Waals surface area contributed by atoms with Crippen LogP contribution < -0.4 is 0 Å². The highest BCUT2D eigenvalue weighted by Gasteiger charge is 2.32. The molecule has 0 spiro atoms. The van der Waals surface area contributed by atoms with Crippen molar-refractivity contribution in [1.29, 1.82) is 0 Å². The summed E-state index contributed by atoms with van der Waals surface area (Å²) >= 11 is 3.39. The molecule has 0 saturated heterocycles. The highest BCUT2D eigenvalue weighted by Crippen LogP contribution is 2.31. The average Bonchev–Trinajstić information content (AvgIpc) is 2.06. The quantitative estimate of drug-likeness (QED) is 0.678. The molecule has 0 bridgehead atoms. The molecule has 0 aromatic heterocycles. The van der Waals surface area contributed by atoms with Gasteiger partial charge in [0, 0.05) is 33.7 Å². The largest absolute Gasteiger partial charge is 0.356 e. The van der Waals surface area contributed by atoms with Crippen molar-refractivity contribution in [3.8, 4) is 0 Å². The lowest BCUT2D eigenvalue weighted by Crippen LogP contribution is -2.35. The first-order valence-electron chi connectivity index (χ1n) is 3.54. The van der Waals surface area contributed by atoms with E-state index in [0.29, 0.717) is 0 Å². The lowest BCUT2D eigenvalue weighted by atomic mass is 10.2. The van der Waals surface area contributed by atoms with Crippen LogP contribution in [0.25, 0.3) is 0 Å². The van der Waals surface area contributed by atoms with Crippen LogP contribution in [0, 0.1) is 0 Å². The van der Waals surface area contributed by atoms with Crippen molar-refractivity contribution in [3.63, 3.8) is 0 Å². The van der Waals surface area contributed by atoms with Gasteiger partial charge in [0.15, 0.2) is 0 Å². The van der Waals surface area contributed by atoms with Gasteiger partial charge in [-0.25, -0.2) is 0 Å². The smallest absolute Gasteiger partial charge is 0.224 e. The molecule has 3 nitrogen and oxygen atoms in total. The molecule has 0 aliphatic carbocycles. The molecule has 1 aliphatic heterocycles. The Labute approximate surface area is 80.8 Å². The standard InChI is InChI=1S/C8H12BrNO2/c1-10-5-4-8(11-2,12-3)7(9)6-10/h4-6H,1-3H3. The van der Waals surface area contributed by atoms with Gasteiger partial charge in [0.05, 0.1) is 4.48 Å². The summed E-state index contributed by atoms with van der Waals surface area (Å²) in [5.41, 5.74) is 0. The van der Waals surface area contributed by atoms with E-state index in [2.05, 4.69) is 15.9 Å². The van der Waals surface area contributed by atoms with E-state index in [1.54, 1.807) is 14.2 Å². The topological polar surface area (TPSA) is 21.7 Å². The SMILES string of the molecule is COC1(OC)C=CN(C)C=C1Br. The zero-order valence-electron chi connectivity index (χ0n) is 7.37. The minimum Gasteiger partial charge on any atom is -0.356 e. The molecule has 0 radical (unpaired) electrons. The summed E-state index contributed by atoms with van der Waals surface area (Å²) < 4.78 is 11.3. The molecule has 0 amide bonds. The zero-order chi connectivity index (χ0) is 9.19. The Kier molecular flexibility index (Phi) is 2.93. The van der Waals surface area contributed by atoms with Crippen LogP contribution in [0.5, 0.6) is 0 Å². The molecule has 0 aromatic carbocycles. The predicted octanol–water partition coefficient (Wildman–Crippen LogP) is 1.67. The number of rotatable bonds is 2. The van der Waals surface area contributed by atoms with Crippen molar-refractivity contribution in [2.45, 2.75) is 5.79 Å². The maximum absolute atomic E-state index is 5.24. The van der Waals surface area contributed by atoms with Gasteiger partial charge in [0.25, 0.3) is 0 Å². The van der Waals surface area contributed by atoms with Gasteiger partial charge in [-0.3, -0.25) is 0 Å². The number of methoxy groups -OCH3 is 2. The Hall–Kier alpha value is -0.320. The van der Waals surface area contributed by atoms with Crippen LogP contribution in [0.4, 0.5) is 0 Å². The Morgan fingerprint density at radius 2 is 2.00 bits per heavy atom. The van der Waals surface area contributed by atoms with Crippen LogP contribution in [0.15, 0.2) is 23.0 Å². The van der Waals surface area contributed by atoms with Crippen molar-refractivity contribution >= 4 is 15.9 Å². The molecule has 1 heterocycles. The first-order valence-corrected chi connectivity index (χ1v) is 4.33. The molecular weight excluding hydrogens is 222 g/mol. The van der Waals surface area contributed by atoms with Crippen LogP contribution in [0.1, 0.15) is 0 Å². The Morgan fingerprint density at radius 3 is 2.42 bits per heavy atom. The molecule has 68 valence electrons. The first-order chi connectivity index (χ1) is 5.64. The van der Waals surface area contributed by atoms with Gasteiger partial charge in [-0.15, -0.1) is 0 Å². The summed E-state index contributed by atoms with van der Waals surface area (Å²) in [6.45, 7) is 0. The Morgan fingerprint density at radius 1 is 1.42 bits per heavy atom. The second kappa shape index (κ2) is 3.60. The van der Waals surface area contributed by atoms with Crippen LogP contribution >= 0.6 is 15.9 Å². The minimum atomic E-state index is -0.744. The molecule has 1 rings (SSSR count). The van der Waals surface area contributed by atoms with Gasteiger partial charge in [-0.2, -0.15) is 0 Å². The van der Waals surface area contributed by atoms with Gasteiger partial charge in [0.1, 0.15) is 0 Å². The molecule has 0 N–H and O–H groups in total. The van der Waals surface area contributed by atoms with Gasteiger partial charge in [-0.05, 0) is 22.0 Å². The second-order valence-corrected chi connectivity index (χ2v) is 3.39. The molecule has 0 aromatic rings. The summed E-state index contributed by atoms with van der Waals surface area (Å²) in [5, 5.41) is 0. The normalized spacial score (nSPS) is 21.0. The van der Waals surface area contributed by atoms with Crippen LogP contribution in [-0.4, -0.2) is 32.0 Å². The lowest BCUT2D eigenvalue weighted by molar-refractivity contribution is -0.137. The number of ether oxygens (including phenoxy) is 2. The first kappa shape index (κ1) is 9.77. The fourth-order valence-corrected chi connectivity index (χ4v) is 1.80. The van der Waals surface area contributed by atoms with E-state index in [-0.39, 0.29) is 0 Å². The molecule has 0 saturated carbocycles. The van der Waals surface area contributed by atoms with Crippen LogP contribution in [-0.2, 0) is 9.47 Å². The van der Waals surface area contributed by atoms with E-state index in [4.69, 9.17) is 9.47 Å². The molecule has 0 fully saturated rings. The van der Waals surface area contributed by atoms with Crippen molar-refractivity contribution in [2.24, 2.45) is 0 Å². The van der Waals surface area contributed by atoms with Gasteiger partial charge in [-0.1, -0.05) is 0 Å². The van der Waals surface area contributed by atoms with E-state index in [1.807, 2.05) is 30.4 Å². The third-order valence-electron chi connectivity index (χ3n) is 1.79. The van der Waals surface area contributed by atoms with Crippen molar-refractivity contribution in [3.05, 3.63) is 23.0 Å². The van der Waals surface area contributed by atoms with Crippen molar-refractivity contribution in [1.82, 2.24) is 4.90 Å². The summed E-state index contributed by atoms with van der Waals surface area (Å²) in [6.07, 6.45) is 5.63. The number of hydrogen-bond acceptors (Lipinski definition) is 3. The Balaban J connectivity index is 2.92. The van der Waals surface area contributed by atoms with Crippen LogP contribution in [0.3, 0.4) is 0 Å². The van der Waals surface area contributed by atoms with E-state index in [9.17, 15) is 0 Å². The highest BCUT2D eigenvalue weighted by molar-refractivity contribution is 9.11. The van der Waals surface area contributed by atoms with E-state index in [0.717, 1.165) is 4.48 Å². The van der Waals surface area contributed by atoms with Crippen molar-refractivity contribution < 1.29 is 9.47 Å². The van der Waals surface area contributed by atoms with E-state index in [1.165, 1.54) is 0 Å². The van der Waals surface area contributed by atoms with Gasteiger partial charge < -0.3 is 14.4 Å². The monoisotopic (exact) mass is 233 g/mol.